The normalized spacial score (nSPS) is 15.3. The zero-order chi connectivity index (χ0) is 24.9. The smallest absolute Gasteiger partial charge is 0.286 e. The van der Waals surface area contributed by atoms with Gasteiger partial charge in [-0.15, -0.1) is 0 Å². The number of thioether (sulfide) groups is 1. The van der Waals surface area contributed by atoms with E-state index in [4.69, 9.17) is 14.0 Å². The Bertz CT molecular complexity index is 1380. The molecule has 2 amide bonds. The number of rotatable bonds is 10. The van der Waals surface area contributed by atoms with Crippen LogP contribution in [0.4, 0.5) is 4.79 Å². The second-order valence-corrected chi connectivity index (χ2v) is 9.57. The van der Waals surface area contributed by atoms with E-state index in [1.54, 1.807) is 0 Å². The van der Waals surface area contributed by atoms with Crippen molar-refractivity contribution in [3.63, 3.8) is 0 Å². The number of benzene rings is 3. The van der Waals surface area contributed by atoms with Crippen molar-refractivity contribution in [1.29, 1.82) is 0 Å². The maximum absolute atomic E-state index is 11.8. The summed E-state index contributed by atoms with van der Waals surface area (Å²) in [4.78, 5) is 23.2. The van der Waals surface area contributed by atoms with Crippen LogP contribution < -0.4 is 14.8 Å². The lowest BCUT2D eigenvalue weighted by Crippen LogP contribution is -2.20. The molecule has 184 valence electrons. The summed E-state index contributed by atoms with van der Waals surface area (Å²) in [6.07, 6.45) is 2.63. The molecule has 4 aromatic rings. The fraction of sp³-hybridized carbons (Fsp3) is 0.250. The molecule has 0 saturated carbocycles. The first kappa shape index (κ1) is 23.9. The lowest BCUT2D eigenvalue weighted by molar-refractivity contribution is -0.119. The first-order chi connectivity index (χ1) is 17.6. The fourth-order valence-electron chi connectivity index (χ4n) is 4.17. The minimum absolute atomic E-state index is 0.277. The Balaban J connectivity index is 1.15. The highest BCUT2D eigenvalue weighted by atomic mass is 32.2. The monoisotopic (exact) mass is 502 g/mol. The van der Waals surface area contributed by atoms with Crippen molar-refractivity contribution >= 4 is 33.8 Å². The van der Waals surface area contributed by atoms with Crippen LogP contribution in [0.2, 0.25) is 0 Å². The summed E-state index contributed by atoms with van der Waals surface area (Å²) in [6.45, 7) is 3.18. The van der Waals surface area contributed by atoms with Crippen molar-refractivity contribution < 1.29 is 23.6 Å². The van der Waals surface area contributed by atoms with Crippen LogP contribution >= 0.6 is 11.8 Å². The van der Waals surface area contributed by atoms with Crippen LogP contribution in [0, 0.1) is 0 Å². The van der Waals surface area contributed by atoms with Gasteiger partial charge in [0.25, 0.3) is 5.24 Å². The Morgan fingerprint density at radius 3 is 2.58 bits per heavy atom. The number of carbonyl (C=O) groups is 2. The van der Waals surface area contributed by atoms with Crippen molar-refractivity contribution in [1.82, 2.24) is 10.5 Å². The van der Waals surface area contributed by atoms with Gasteiger partial charge in [0, 0.05) is 17.4 Å². The molecule has 7 nitrogen and oxygen atoms in total. The number of fused-ring (bicyclic) bond motifs is 1. The van der Waals surface area contributed by atoms with E-state index in [1.807, 2.05) is 60.7 Å². The second-order valence-electron chi connectivity index (χ2n) is 8.50. The molecule has 1 N–H and O–H groups in total. The van der Waals surface area contributed by atoms with E-state index in [-0.39, 0.29) is 11.1 Å². The molecule has 0 aliphatic carbocycles. The van der Waals surface area contributed by atoms with Gasteiger partial charge < -0.3 is 14.0 Å². The number of carbonyl (C=O) groups excluding carboxylic acids is 2. The van der Waals surface area contributed by atoms with Crippen molar-refractivity contribution in [2.45, 2.75) is 31.4 Å². The number of imide groups is 1. The van der Waals surface area contributed by atoms with Gasteiger partial charge in [-0.1, -0.05) is 42.8 Å². The van der Waals surface area contributed by atoms with E-state index < -0.39 is 5.25 Å². The number of amides is 2. The maximum atomic E-state index is 11.8. The van der Waals surface area contributed by atoms with Gasteiger partial charge in [0.1, 0.15) is 22.3 Å². The Kier molecular flexibility index (Phi) is 7.23. The molecule has 1 atom stereocenters. The van der Waals surface area contributed by atoms with Crippen LogP contribution in [0.1, 0.15) is 36.1 Å². The number of aromatic nitrogens is 1. The molecule has 8 heteroatoms. The molecule has 0 radical (unpaired) electrons. The third kappa shape index (κ3) is 5.23. The minimum atomic E-state index is -0.494. The molecule has 0 bridgehead atoms. The predicted molar refractivity (Wildman–Crippen MR) is 139 cm³/mol. The topological polar surface area (TPSA) is 90.7 Å². The zero-order valence-electron chi connectivity index (χ0n) is 19.9. The molecule has 1 aliphatic rings. The predicted octanol–water partition coefficient (Wildman–Crippen LogP) is 6.32. The van der Waals surface area contributed by atoms with E-state index in [9.17, 15) is 9.59 Å². The van der Waals surface area contributed by atoms with Gasteiger partial charge >= 0.3 is 0 Å². The summed E-state index contributed by atoms with van der Waals surface area (Å²) in [7, 11) is 0. The van der Waals surface area contributed by atoms with Crippen molar-refractivity contribution in [3.05, 3.63) is 77.9 Å². The minimum Gasteiger partial charge on any atom is -0.493 e. The first-order valence-electron chi connectivity index (χ1n) is 12.0. The van der Waals surface area contributed by atoms with Crippen LogP contribution in [0.15, 0.2) is 71.3 Å². The molecule has 1 aliphatic heterocycles. The van der Waals surface area contributed by atoms with Gasteiger partial charge in [0.2, 0.25) is 5.91 Å². The van der Waals surface area contributed by atoms with Gasteiger partial charge in [0.05, 0.1) is 13.2 Å². The van der Waals surface area contributed by atoms with Gasteiger partial charge in [0.15, 0.2) is 5.76 Å². The standard InChI is InChI=1S/C28H26N2O5S/c1-2-6-19-17-20(25-22-7-3-4-8-23(22)30-35-25)11-14-24(19)34-16-5-15-33-21-12-9-18(10-13-21)26-27(31)29-28(32)36-26/h3-4,7-14,17,26H,2,5-6,15-16H2,1H3,(H,29,31,32). The molecular weight excluding hydrogens is 476 g/mol. The molecule has 1 unspecified atom stereocenters. The van der Waals surface area contributed by atoms with Crippen LogP contribution in [-0.2, 0) is 11.2 Å². The van der Waals surface area contributed by atoms with Crippen molar-refractivity contribution in [3.8, 4) is 22.8 Å². The summed E-state index contributed by atoms with van der Waals surface area (Å²) in [5.41, 5.74) is 3.75. The Morgan fingerprint density at radius 2 is 1.81 bits per heavy atom. The average Bonchev–Trinajstić information content (AvgIpc) is 3.47. The zero-order valence-corrected chi connectivity index (χ0v) is 20.7. The molecular formula is C28H26N2O5S. The molecule has 1 saturated heterocycles. The van der Waals surface area contributed by atoms with E-state index in [2.05, 4.69) is 23.5 Å². The average molecular weight is 503 g/mol. The van der Waals surface area contributed by atoms with E-state index in [0.29, 0.717) is 19.0 Å². The Labute approximate surface area is 213 Å². The molecule has 36 heavy (non-hydrogen) atoms. The van der Waals surface area contributed by atoms with Gasteiger partial charge in [-0.05, 0) is 71.8 Å². The lowest BCUT2D eigenvalue weighted by Gasteiger charge is -2.13. The third-order valence-electron chi connectivity index (χ3n) is 5.91. The third-order valence-corrected chi connectivity index (χ3v) is 6.95. The van der Waals surface area contributed by atoms with Crippen molar-refractivity contribution in [2.24, 2.45) is 0 Å². The number of ether oxygens (including phenoxy) is 2. The first-order valence-corrected chi connectivity index (χ1v) is 12.8. The SMILES string of the molecule is CCCc1cc(-c2onc3ccccc23)ccc1OCCCOc1ccc(C2SC(=O)NC2=O)cc1. The summed E-state index contributed by atoms with van der Waals surface area (Å²) in [5.74, 6) is 2.08. The summed E-state index contributed by atoms with van der Waals surface area (Å²) in [5, 5.41) is 6.66. The Morgan fingerprint density at radius 1 is 1.00 bits per heavy atom. The van der Waals surface area contributed by atoms with Crippen molar-refractivity contribution in [2.75, 3.05) is 13.2 Å². The van der Waals surface area contributed by atoms with Crippen LogP contribution in [0.25, 0.3) is 22.2 Å². The fourth-order valence-corrected chi connectivity index (χ4v) is 5.00. The molecule has 2 heterocycles. The number of nitrogens with zero attached hydrogens (tertiary/aromatic N) is 1. The number of aryl methyl sites for hydroxylation is 1. The molecule has 0 spiro atoms. The van der Waals surface area contributed by atoms with E-state index in [0.717, 1.165) is 70.1 Å². The maximum Gasteiger partial charge on any atom is 0.286 e. The number of hydrogen-bond acceptors (Lipinski definition) is 7. The quantitative estimate of drug-likeness (QED) is 0.254. The molecule has 5 rings (SSSR count). The molecule has 1 aromatic heterocycles. The second kappa shape index (κ2) is 10.9. The highest BCUT2D eigenvalue weighted by molar-refractivity contribution is 8.15. The number of hydrogen-bond donors (Lipinski definition) is 1. The molecule has 1 fully saturated rings. The van der Waals surface area contributed by atoms with Gasteiger partial charge in [-0.2, -0.15) is 0 Å². The largest absolute Gasteiger partial charge is 0.493 e. The van der Waals surface area contributed by atoms with Crippen LogP contribution in [0.5, 0.6) is 11.5 Å². The highest BCUT2D eigenvalue weighted by Gasteiger charge is 2.32. The van der Waals surface area contributed by atoms with E-state index >= 15 is 0 Å². The summed E-state index contributed by atoms with van der Waals surface area (Å²) in [6, 6.07) is 21.3. The lowest BCUT2D eigenvalue weighted by atomic mass is 10.0. The van der Waals surface area contributed by atoms with Crippen LogP contribution in [0.3, 0.4) is 0 Å². The Hall–Kier alpha value is -3.78. The summed E-state index contributed by atoms with van der Waals surface area (Å²) >= 11 is 0.995. The number of nitrogens with one attached hydrogen (secondary N) is 1. The molecule has 3 aromatic carbocycles. The van der Waals surface area contributed by atoms with Crippen LogP contribution in [-0.4, -0.2) is 29.5 Å². The highest BCUT2D eigenvalue weighted by Crippen LogP contribution is 2.35. The van der Waals surface area contributed by atoms with Gasteiger partial charge in [-0.25, -0.2) is 0 Å². The van der Waals surface area contributed by atoms with Gasteiger partial charge in [-0.3, -0.25) is 14.9 Å². The van der Waals surface area contributed by atoms with E-state index in [1.165, 1.54) is 0 Å². The summed E-state index contributed by atoms with van der Waals surface area (Å²) < 4.78 is 17.5.